The second-order valence-corrected chi connectivity index (χ2v) is 3.51. The van der Waals surface area contributed by atoms with Crippen molar-refractivity contribution < 1.29 is 19.4 Å². The van der Waals surface area contributed by atoms with Gasteiger partial charge in [-0.2, -0.15) is 0 Å². The maximum absolute atomic E-state index is 11.3. The molecule has 0 aromatic carbocycles. The topological polar surface area (TPSA) is 66.8 Å². The minimum absolute atomic E-state index is 0.0844. The van der Waals surface area contributed by atoms with E-state index in [2.05, 4.69) is 0 Å². The first kappa shape index (κ1) is 14.9. The number of carbonyl (C=O) groups is 2. The van der Waals surface area contributed by atoms with E-state index in [1.807, 2.05) is 6.92 Å². The molecule has 0 fully saturated rings. The average molecular weight is 231 g/mol. The van der Waals surface area contributed by atoms with Crippen LogP contribution >= 0.6 is 0 Å². The molecular weight excluding hydrogens is 210 g/mol. The maximum atomic E-state index is 11.3. The van der Waals surface area contributed by atoms with E-state index in [4.69, 9.17) is 9.84 Å². The summed E-state index contributed by atoms with van der Waals surface area (Å²) >= 11 is 0. The second-order valence-electron chi connectivity index (χ2n) is 3.51. The summed E-state index contributed by atoms with van der Waals surface area (Å²) in [4.78, 5) is 24.0. The Labute approximate surface area is 96.4 Å². The van der Waals surface area contributed by atoms with Crippen LogP contribution < -0.4 is 0 Å². The minimum atomic E-state index is -0.318. The number of aliphatic hydroxyl groups excluding tert-OH is 1. The van der Waals surface area contributed by atoms with Gasteiger partial charge in [-0.1, -0.05) is 6.92 Å². The van der Waals surface area contributed by atoms with Crippen LogP contribution in [0, 0.1) is 0 Å². The van der Waals surface area contributed by atoms with Gasteiger partial charge in [0.15, 0.2) is 0 Å². The molecule has 5 nitrogen and oxygen atoms in total. The van der Waals surface area contributed by atoms with Gasteiger partial charge >= 0.3 is 5.97 Å². The Balaban J connectivity index is 4.23. The number of ether oxygens (including phenoxy) is 1. The molecule has 0 aromatic rings. The van der Waals surface area contributed by atoms with Crippen LogP contribution in [-0.2, 0) is 14.3 Å². The summed E-state index contributed by atoms with van der Waals surface area (Å²) in [6.45, 7) is 5.62. The smallest absolute Gasteiger partial charge is 0.307 e. The van der Waals surface area contributed by atoms with Gasteiger partial charge in [0.25, 0.3) is 0 Å². The molecular formula is C11H21NO4. The van der Waals surface area contributed by atoms with Crippen molar-refractivity contribution in [3.63, 3.8) is 0 Å². The van der Waals surface area contributed by atoms with Crippen molar-refractivity contribution in [1.29, 1.82) is 0 Å². The maximum Gasteiger partial charge on any atom is 0.307 e. The highest BCUT2D eigenvalue weighted by Gasteiger charge is 2.19. The fourth-order valence-electron chi connectivity index (χ4n) is 1.49. The molecule has 0 aromatic heterocycles. The zero-order valence-corrected chi connectivity index (χ0v) is 10.2. The van der Waals surface area contributed by atoms with Gasteiger partial charge in [-0.15, -0.1) is 0 Å². The summed E-state index contributed by atoms with van der Waals surface area (Å²) in [5, 5.41) is 9.10. The van der Waals surface area contributed by atoms with Gasteiger partial charge in [0.1, 0.15) is 0 Å². The lowest BCUT2D eigenvalue weighted by Crippen LogP contribution is -2.42. The summed E-state index contributed by atoms with van der Waals surface area (Å²) in [6, 6.07) is -0.216. The third-order valence-corrected chi connectivity index (χ3v) is 2.39. The number of amides is 1. The number of hydrogen-bond donors (Lipinski definition) is 1. The van der Waals surface area contributed by atoms with Crippen molar-refractivity contribution in [3.05, 3.63) is 0 Å². The first-order valence-corrected chi connectivity index (χ1v) is 5.60. The van der Waals surface area contributed by atoms with Crippen molar-refractivity contribution in [3.8, 4) is 0 Å². The molecule has 0 heterocycles. The number of esters is 1. The van der Waals surface area contributed by atoms with Crippen LogP contribution in [0.1, 0.15) is 33.6 Å². The molecule has 0 rings (SSSR count). The molecule has 94 valence electrons. The summed E-state index contributed by atoms with van der Waals surface area (Å²) in [5.41, 5.74) is 0. The molecule has 0 bridgehead atoms. The molecule has 0 aliphatic rings. The number of aliphatic hydroxyl groups is 1. The van der Waals surface area contributed by atoms with Gasteiger partial charge in [0.2, 0.25) is 5.91 Å². The molecule has 1 amide bonds. The Bertz CT molecular complexity index is 226. The molecule has 0 aliphatic heterocycles. The molecule has 1 N–H and O–H groups in total. The lowest BCUT2D eigenvalue weighted by Gasteiger charge is -2.28. The van der Waals surface area contributed by atoms with Gasteiger partial charge in [0.05, 0.1) is 25.7 Å². The predicted octanol–water partition coefficient (Wildman–Crippen LogP) is 0.559. The second kappa shape index (κ2) is 8.10. The van der Waals surface area contributed by atoms with E-state index in [0.717, 1.165) is 0 Å². The standard InChI is InChI=1S/C11H21NO4/c1-4-10(8-13)12(9(3)14)7-6-11(15)16-5-2/h10,13H,4-8H2,1-3H3. The largest absolute Gasteiger partial charge is 0.466 e. The van der Waals surface area contributed by atoms with Crippen molar-refractivity contribution in [2.75, 3.05) is 19.8 Å². The molecule has 0 radical (unpaired) electrons. The zero-order chi connectivity index (χ0) is 12.6. The Morgan fingerprint density at radius 3 is 2.38 bits per heavy atom. The van der Waals surface area contributed by atoms with Crippen molar-refractivity contribution >= 4 is 11.9 Å². The average Bonchev–Trinajstić information content (AvgIpc) is 2.24. The fraction of sp³-hybridized carbons (Fsp3) is 0.818. The minimum Gasteiger partial charge on any atom is -0.466 e. The van der Waals surface area contributed by atoms with Crippen molar-refractivity contribution in [2.24, 2.45) is 0 Å². The van der Waals surface area contributed by atoms with Crippen LogP contribution in [0.4, 0.5) is 0 Å². The van der Waals surface area contributed by atoms with Crippen LogP contribution in [0.15, 0.2) is 0 Å². The highest BCUT2D eigenvalue weighted by Crippen LogP contribution is 2.05. The summed E-state index contributed by atoms with van der Waals surface area (Å²) < 4.78 is 4.78. The van der Waals surface area contributed by atoms with Gasteiger partial charge in [-0.25, -0.2) is 0 Å². The molecule has 1 atom stereocenters. The third kappa shape index (κ3) is 5.11. The lowest BCUT2D eigenvalue weighted by atomic mass is 10.2. The molecule has 16 heavy (non-hydrogen) atoms. The van der Waals surface area contributed by atoms with E-state index in [1.165, 1.54) is 11.8 Å². The first-order chi connectivity index (χ1) is 7.56. The zero-order valence-electron chi connectivity index (χ0n) is 10.2. The van der Waals surface area contributed by atoms with E-state index >= 15 is 0 Å². The van der Waals surface area contributed by atoms with E-state index in [-0.39, 0.29) is 30.9 Å². The van der Waals surface area contributed by atoms with E-state index in [0.29, 0.717) is 19.6 Å². The Morgan fingerprint density at radius 2 is 2.00 bits per heavy atom. The van der Waals surface area contributed by atoms with Gasteiger partial charge in [0, 0.05) is 13.5 Å². The van der Waals surface area contributed by atoms with Gasteiger partial charge in [-0.05, 0) is 13.3 Å². The third-order valence-electron chi connectivity index (χ3n) is 2.39. The Hall–Kier alpha value is -1.10. The predicted molar refractivity (Wildman–Crippen MR) is 59.8 cm³/mol. The van der Waals surface area contributed by atoms with E-state index in [1.54, 1.807) is 6.92 Å². The molecule has 5 heteroatoms. The summed E-state index contributed by atoms with van der Waals surface area (Å²) in [7, 11) is 0. The molecule has 1 unspecified atom stereocenters. The number of carbonyl (C=O) groups excluding carboxylic acids is 2. The Morgan fingerprint density at radius 1 is 1.38 bits per heavy atom. The van der Waals surface area contributed by atoms with E-state index in [9.17, 15) is 9.59 Å². The van der Waals surface area contributed by atoms with Crippen LogP contribution in [-0.4, -0.2) is 47.7 Å². The number of rotatable bonds is 7. The molecule has 0 spiro atoms. The highest BCUT2D eigenvalue weighted by molar-refractivity contribution is 5.75. The van der Waals surface area contributed by atoms with Crippen molar-refractivity contribution in [2.45, 2.75) is 39.7 Å². The fourth-order valence-corrected chi connectivity index (χ4v) is 1.49. The van der Waals surface area contributed by atoms with E-state index < -0.39 is 0 Å². The van der Waals surface area contributed by atoms with Gasteiger partial charge < -0.3 is 14.7 Å². The molecule has 0 saturated carbocycles. The number of nitrogens with zero attached hydrogens (tertiary/aromatic N) is 1. The normalized spacial score (nSPS) is 12.0. The molecule has 0 aliphatic carbocycles. The van der Waals surface area contributed by atoms with Crippen LogP contribution in [0.25, 0.3) is 0 Å². The van der Waals surface area contributed by atoms with Crippen LogP contribution in [0.2, 0.25) is 0 Å². The molecule has 0 saturated heterocycles. The van der Waals surface area contributed by atoms with Crippen molar-refractivity contribution in [1.82, 2.24) is 4.90 Å². The van der Waals surface area contributed by atoms with Gasteiger partial charge in [-0.3, -0.25) is 9.59 Å². The number of hydrogen-bond acceptors (Lipinski definition) is 4. The summed E-state index contributed by atoms with van der Waals surface area (Å²) in [6.07, 6.45) is 0.836. The first-order valence-electron chi connectivity index (χ1n) is 5.60. The summed E-state index contributed by atoms with van der Waals surface area (Å²) in [5.74, 6) is -0.452. The van der Waals surface area contributed by atoms with Crippen LogP contribution in [0.5, 0.6) is 0 Å². The lowest BCUT2D eigenvalue weighted by molar-refractivity contribution is -0.144. The quantitative estimate of drug-likeness (QED) is 0.650. The Kier molecular flexibility index (Phi) is 7.54. The highest BCUT2D eigenvalue weighted by atomic mass is 16.5. The SMILES string of the molecule is CCOC(=O)CCN(C(C)=O)C(CC)CO. The monoisotopic (exact) mass is 231 g/mol. The van der Waals surface area contributed by atoms with Crippen LogP contribution in [0.3, 0.4) is 0 Å².